The molecule has 0 aliphatic carbocycles. The molecule has 1 heterocycles. The Hall–Kier alpha value is -2.96. The van der Waals surface area contributed by atoms with Crippen molar-refractivity contribution in [2.45, 2.75) is 11.4 Å². The molecular weight excluding hydrogens is 358 g/mol. The van der Waals surface area contributed by atoms with Gasteiger partial charge in [0.05, 0.1) is 15.9 Å². The van der Waals surface area contributed by atoms with Crippen molar-refractivity contribution in [1.82, 2.24) is 14.3 Å². The summed E-state index contributed by atoms with van der Waals surface area (Å²) in [5.74, 6) is 0.829. The van der Waals surface area contributed by atoms with Gasteiger partial charge in [-0.1, -0.05) is 60.7 Å². The van der Waals surface area contributed by atoms with Crippen LogP contribution < -0.4 is 4.72 Å². The van der Waals surface area contributed by atoms with Gasteiger partial charge in [-0.25, -0.2) is 18.1 Å². The van der Waals surface area contributed by atoms with E-state index in [4.69, 9.17) is 4.98 Å². The molecular formula is C21H19N3O2S. The SMILES string of the molecule is O=S(=O)(NCCn1c(-c2ccccc2)nc2ccccc21)c1ccccc1. The fourth-order valence-corrected chi connectivity index (χ4v) is 4.13. The Morgan fingerprint density at radius 3 is 2.19 bits per heavy atom. The number of hydrogen-bond donors (Lipinski definition) is 1. The monoisotopic (exact) mass is 377 g/mol. The maximum Gasteiger partial charge on any atom is 0.240 e. The van der Waals surface area contributed by atoms with E-state index in [1.165, 1.54) is 0 Å². The van der Waals surface area contributed by atoms with Gasteiger partial charge in [0.15, 0.2) is 0 Å². The molecule has 4 rings (SSSR count). The third kappa shape index (κ3) is 3.63. The molecule has 0 spiro atoms. The summed E-state index contributed by atoms with van der Waals surface area (Å²) in [6.45, 7) is 0.758. The molecule has 0 saturated carbocycles. The van der Waals surface area contributed by atoms with E-state index in [2.05, 4.69) is 9.29 Å². The van der Waals surface area contributed by atoms with Crippen LogP contribution in [0.5, 0.6) is 0 Å². The second kappa shape index (κ2) is 7.34. The first-order valence-corrected chi connectivity index (χ1v) is 10.2. The standard InChI is InChI=1S/C21H19N3O2S/c25-27(26,18-11-5-2-6-12-18)22-15-16-24-20-14-8-7-13-19(20)23-21(24)17-9-3-1-4-10-17/h1-14,22H,15-16H2. The normalized spacial score (nSPS) is 11.7. The molecule has 0 aliphatic rings. The summed E-state index contributed by atoms with van der Waals surface area (Å²) < 4.78 is 29.6. The van der Waals surface area contributed by atoms with E-state index in [0.29, 0.717) is 6.54 Å². The largest absolute Gasteiger partial charge is 0.323 e. The fraction of sp³-hybridized carbons (Fsp3) is 0.0952. The van der Waals surface area contributed by atoms with Crippen molar-refractivity contribution >= 4 is 21.1 Å². The Morgan fingerprint density at radius 1 is 0.815 bits per heavy atom. The van der Waals surface area contributed by atoms with Crippen LogP contribution in [0.2, 0.25) is 0 Å². The lowest BCUT2D eigenvalue weighted by molar-refractivity contribution is 0.574. The van der Waals surface area contributed by atoms with E-state index in [-0.39, 0.29) is 11.4 Å². The predicted molar refractivity (Wildman–Crippen MR) is 107 cm³/mol. The van der Waals surface area contributed by atoms with Crippen LogP contribution in [-0.4, -0.2) is 24.5 Å². The molecule has 136 valence electrons. The molecule has 27 heavy (non-hydrogen) atoms. The summed E-state index contributed by atoms with van der Waals surface area (Å²) in [5, 5.41) is 0. The van der Waals surface area contributed by atoms with Gasteiger partial charge in [0, 0.05) is 18.7 Å². The Morgan fingerprint density at radius 2 is 1.44 bits per heavy atom. The number of benzene rings is 3. The zero-order valence-electron chi connectivity index (χ0n) is 14.6. The molecule has 4 aromatic rings. The van der Waals surface area contributed by atoms with Crippen molar-refractivity contribution in [3.8, 4) is 11.4 Å². The molecule has 0 bridgehead atoms. The van der Waals surface area contributed by atoms with E-state index in [9.17, 15) is 8.42 Å². The minimum atomic E-state index is -3.53. The lowest BCUT2D eigenvalue weighted by Crippen LogP contribution is -2.27. The zero-order chi connectivity index (χ0) is 18.7. The molecule has 1 N–H and O–H groups in total. The van der Waals surface area contributed by atoms with Gasteiger partial charge in [-0.3, -0.25) is 0 Å². The first kappa shape index (κ1) is 17.5. The summed E-state index contributed by atoms with van der Waals surface area (Å²) in [4.78, 5) is 5.01. The quantitative estimate of drug-likeness (QED) is 0.557. The van der Waals surface area contributed by atoms with Gasteiger partial charge in [-0.2, -0.15) is 0 Å². The minimum absolute atomic E-state index is 0.267. The summed E-state index contributed by atoms with van der Waals surface area (Å²) in [5.41, 5.74) is 2.87. The van der Waals surface area contributed by atoms with Crippen LogP contribution in [0.1, 0.15) is 0 Å². The molecule has 5 nitrogen and oxygen atoms in total. The maximum absolute atomic E-state index is 12.4. The molecule has 0 radical (unpaired) electrons. The second-order valence-corrected chi connectivity index (χ2v) is 7.92. The highest BCUT2D eigenvalue weighted by atomic mass is 32.2. The van der Waals surface area contributed by atoms with Crippen LogP contribution in [0.4, 0.5) is 0 Å². The van der Waals surface area contributed by atoms with Crippen LogP contribution >= 0.6 is 0 Å². The molecule has 0 fully saturated rings. The van der Waals surface area contributed by atoms with Gasteiger partial charge < -0.3 is 4.57 Å². The molecule has 0 unspecified atom stereocenters. The first-order valence-electron chi connectivity index (χ1n) is 8.70. The number of nitrogens with zero attached hydrogens (tertiary/aromatic N) is 2. The van der Waals surface area contributed by atoms with E-state index in [1.807, 2.05) is 54.6 Å². The highest BCUT2D eigenvalue weighted by Crippen LogP contribution is 2.24. The molecule has 3 aromatic carbocycles. The molecule has 0 aliphatic heterocycles. The number of sulfonamides is 1. The van der Waals surface area contributed by atoms with Gasteiger partial charge in [0.1, 0.15) is 5.82 Å². The highest BCUT2D eigenvalue weighted by molar-refractivity contribution is 7.89. The van der Waals surface area contributed by atoms with Crippen molar-refractivity contribution in [3.63, 3.8) is 0 Å². The lowest BCUT2D eigenvalue weighted by Gasteiger charge is -2.11. The summed E-state index contributed by atoms with van der Waals surface area (Å²) >= 11 is 0. The smallest absolute Gasteiger partial charge is 0.240 e. The van der Waals surface area contributed by atoms with Crippen LogP contribution in [0.15, 0.2) is 89.8 Å². The van der Waals surface area contributed by atoms with Crippen molar-refractivity contribution in [1.29, 1.82) is 0 Å². The zero-order valence-corrected chi connectivity index (χ0v) is 15.4. The van der Waals surface area contributed by atoms with E-state index in [1.54, 1.807) is 30.3 Å². The topological polar surface area (TPSA) is 64.0 Å². The Labute approximate surface area is 158 Å². The van der Waals surface area contributed by atoms with Crippen LogP contribution in [-0.2, 0) is 16.6 Å². The van der Waals surface area contributed by atoms with Crippen molar-refractivity contribution in [3.05, 3.63) is 84.9 Å². The number of para-hydroxylation sites is 2. The third-order valence-electron chi connectivity index (χ3n) is 4.37. The van der Waals surface area contributed by atoms with E-state index >= 15 is 0 Å². The van der Waals surface area contributed by atoms with Crippen LogP contribution in [0, 0.1) is 0 Å². The lowest BCUT2D eigenvalue weighted by atomic mass is 10.2. The maximum atomic E-state index is 12.4. The van der Waals surface area contributed by atoms with Crippen LogP contribution in [0.3, 0.4) is 0 Å². The molecule has 1 aromatic heterocycles. The number of fused-ring (bicyclic) bond motifs is 1. The first-order chi connectivity index (χ1) is 13.1. The Kier molecular flexibility index (Phi) is 4.75. The van der Waals surface area contributed by atoms with Crippen molar-refractivity contribution in [2.75, 3.05) is 6.54 Å². The summed E-state index contributed by atoms with van der Waals surface area (Å²) in [7, 11) is -3.53. The predicted octanol–water partition coefficient (Wildman–Crippen LogP) is 3.68. The van der Waals surface area contributed by atoms with E-state index in [0.717, 1.165) is 22.4 Å². The Balaban J connectivity index is 1.62. The average molecular weight is 377 g/mol. The summed E-state index contributed by atoms with van der Waals surface area (Å²) in [6.07, 6.45) is 0. The fourth-order valence-electron chi connectivity index (χ4n) is 3.08. The highest BCUT2D eigenvalue weighted by Gasteiger charge is 2.15. The number of aromatic nitrogens is 2. The summed E-state index contributed by atoms with van der Waals surface area (Å²) in [6, 6.07) is 26.2. The third-order valence-corrected chi connectivity index (χ3v) is 5.84. The van der Waals surface area contributed by atoms with Gasteiger partial charge in [-0.05, 0) is 24.3 Å². The molecule has 0 amide bonds. The molecule has 0 saturated heterocycles. The molecule has 6 heteroatoms. The van der Waals surface area contributed by atoms with Crippen molar-refractivity contribution < 1.29 is 8.42 Å². The van der Waals surface area contributed by atoms with Gasteiger partial charge in [0.25, 0.3) is 0 Å². The van der Waals surface area contributed by atoms with Gasteiger partial charge in [-0.15, -0.1) is 0 Å². The van der Waals surface area contributed by atoms with Gasteiger partial charge in [0.2, 0.25) is 10.0 Å². The number of nitrogens with one attached hydrogen (secondary N) is 1. The minimum Gasteiger partial charge on any atom is -0.323 e. The second-order valence-electron chi connectivity index (χ2n) is 6.15. The van der Waals surface area contributed by atoms with Crippen molar-refractivity contribution in [2.24, 2.45) is 0 Å². The van der Waals surface area contributed by atoms with E-state index < -0.39 is 10.0 Å². The number of hydrogen-bond acceptors (Lipinski definition) is 3. The molecule has 0 atom stereocenters. The Bertz CT molecular complexity index is 1150. The number of rotatable bonds is 6. The van der Waals surface area contributed by atoms with Gasteiger partial charge >= 0.3 is 0 Å². The van der Waals surface area contributed by atoms with Crippen LogP contribution in [0.25, 0.3) is 22.4 Å². The average Bonchev–Trinajstić information content (AvgIpc) is 3.08. The number of imidazole rings is 1.